The molecule has 0 aromatic rings. The van der Waals surface area contributed by atoms with E-state index in [0.29, 0.717) is 12.8 Å². The number of carboxylic acids is 1. The summed E-state index contributed by atoms with van der Waals surface area (Å²) in [7, 11) is 0. The van der Waals surface area contributed by atoms with Crippen LogP contribution >= 0.6 is 0 Å². The van der Waals surface area contributed by atoms with Crippen LogP contribution in [0.1, 0.15) is 219 Å². The highest BCUT2D eigenvalue weighted by Crippen LogP contribution is 2.19. The van der Waals surface area contributed by atoms with Gasteiger partial charge in [0.05, 0.1) is 0 Å². The van der Waals surface area contributed by atoms with E-state index in [1.165, 1.54) is 128 Å². The van der Waals surface area contributed by atoms with Gasteiger partial charge in [-0.05, 0) is 38.5 Å². The van der Waals surface area contributed by atoms with Crippen LogP contribution < -0.4 is 5.32 Å². The average molecular weight is 638 g/mol. The van der Waals surface area contributed by atoms with E-state index in [2.05, 4.69) is 19.2 Å². The van der Waals surface area contributed by atoms with E-state index < -0.39 is 5.97 Å². The van der Waals surface area contributed by atoms with E-state index in [0.717, 1.165) is 64.2 Å². The van der Waals surface area contributed by atoms with E-state index in [1.54, 1.807) is 0 Å². The van der Waals surface area contributed by atoms with Crippen molar-refractivity contribution in [1.82, 2.24) is 5.32 Å². The molecule has 0 heterocycles. The van der Waals surface area contributed by atoms with E-state index in [-0.39, 0.29) is 24.5 Å². The summed E-state index contributed by atoms with van der Waals surface area (Å²) in [6.07, 6.45) is 37.9. The van der Waals surface area contributed by atoms with Crippen LogP contribution in [0.15, 0.2) is 0 Å². The van der Waals surface area contributed by atoms with E-state index >= 15 is 0 Å². The third kappa shape index (κ3) is 35.1. The molecule has 2 N–H and O–H groups in total. The van der Waals surface area contributed by atoms with E-state index in [1.807, 2.05) is 0 Å². The summed E-state index contributed by atoms with van der Waals surface area (Å²) < 4.78 is 5.99. The molecule has 1 amide bonds. The van der Waals surface area contributed by atoms with Crippen LogP contribution in [0.3, 0.4) is 0 Å². The van der Waals surface area contributed by atoms with Crippen LogP contribution in [0.2, 0.25) is 0 Å². The Balaban J connectivity index is 4.03. The number of hydrogen-bond donors (Lipinski definition) is 2. The number of unbranched alkanes of at least 4 members (excludes halogenated alkanes) is 25. The molecule has 0 aliphatic carbocycles. The second-order valence-electron chi connectivity index (χ2n) is 13.6. The maximum absolute atomic E-state index is 12.7. The SMILES string of the molecule is CCCCCCCCCCCCCCCCCC(=O)OC(CCCCCCCCCC)CCCCCCCC(=O)NCC(=O)O. The van der Waals surface area contributed by atoms with Crippen LogP contribution in [-0.2, 0) is 19.1 Å². The fourth-order valence-electron chi connectivity index (χ4n) is 6.10. The monoisotopic (exact) mass is 638 g/mol. The molecule has 266 valence electrons. The Hall–Kier alpha value is -1.59. The number of carboxylic acid groups (broad SMARTS) is 1. The molecule has 0 saturated carbocycles. The fourth-order valence-corrected chi connectivity index (χ4v) is 6.10. The molecule has 0 aromatic heterocycles. The lowest BCUT2D eigenvalue weighted by atomic mass is 10.0. The van der Waals surface area contributed by atoms with Gasteiger partial charge in [0.1, 0.15) is 12.6 Å². The fraction of sp³-hybridized carbons (Fsp3) is 0.923. The van der Waals surface area contributed by atoms with Crippen molar-refractivity contribution in [3.63, 3.8) is 0 Å². The van der Waals surface area contributed by atoms with Crippen molar-refractivity contribution in [3.05, 3.63) is 0 Å². The summed E-state index contributed by atoms with van der Waals surface area (Å²) >= 11 is 0. The van der Waals surface area contributed by atoms with Crippen LogP contribution in [0, 0.1) is 0 Å². The number of esters is 1. The van der Waals surface area contributed by atoms with Crippen molar-refractivity contribution in [2.24, 2.45) is 0 Å². The smallest absolute Gasteiger partial charge is 0.322 e. The number of amides is 1. The molecule has 0 saturated heterocycles. The predicted octanol–water partition coefficient (Wildman–Crippen LogP) is 11.6. The van der Waals surface area contributed by atoms with Gasteiger partial charge in [-0.15, -0.1) is 0 Å². The van der Waals surface area contributed by atoms with Gasteiger partial charge in [0.25, 0.3) is 0 Å². The number of rotatable bonds is 36. The zero-order valence-corrected chi connectivity index (χ0v) is 30.0. The predicted molar refractivity (Wildman–Crippen MR) is 190 cm³/mol. The molecule has 0 bridgehead atoms. The Labute approximate surface area is 279 Å². The summed E-state index contributed by atoms with van der Waals surface area (Å²) in [4.78, 5) is 34.8. The molecule has 1 atom stereocenters. The van der Waals surface area contributed by atoms with Crippen molar-refractivity contribution >= 4 is 17.8 Å². The highest BCUT2D eigenvalue weighted by atomic mass is 16.5. The van der Waals surface area contributed by atoms with Gasteiger partial charge in [-0.2, -0.15) is 0 Å². The second-order valence-corrected chi connectivity index (χ2v) is 13.6. The van der Waals surface area contributed by atoms with Crippen molar-refractivity contribution in [2.45, 2.75) is 225 Å². The normalized spacial score (nSPS) is 11.9. The highest BCUT2D eigenvalue weighted by Gasteiger charge is 2.14. The molecule has 0 rings (SSSR count). The Morgan fingerprint density at radius 2 is 0.822 bits per heavy atom. The molecule has 1 unspecified atom stereocenters. The topological polar surface area (TPSA) is 92.7 Å². The molecular weight excluding hydrogens is 562 g/mol. The van der Waals surface area contributed by atoms with Gasteiger partial charge in [-0.1, -0.05) is 168 Å². The minimum Gasteiger partial charge on any atom is -0.480 e. The second kappa shape index (κ2) is 35.3. The zero-order valence-electron chi connectivity index (χ0n) is 30.0. The van der Waals surface area contributed by atoms with E-state index in [4.69, 9.17) is 9.84 Å². The van der Waals surface area contributed by atoms with Gasteiger partial charge < -0.3 is 15.2 Å². The first-order valence-electron chi connectivity index (χ1n) is 19.7. The standard InChI is InChI=1S/C39H75NO5/c1-3-5-7-9-11-13-14-15-16-17-18-19-21-26-30-34-39(44)45-36(31-27-23-20-12-10-8-6-4-2)32-28-24-22-25-29-33-37(41)40-35-38(42)43/h36H,3-35H2,1-2H3,(H,40,41)(H,42,43). The lowest BCUT2D eigenvalue weighted by molar-refractivity contribution is -0.150. The van der Waals surface area contributed by atoms with Crippen molar-refractivity contribution in [3.8, 4) is 0 Å². The summed E-state index contributed by atoms with van der Waals surface area (Å²) in [5.74, 6) is -1.22. The van der Waals surface area contributed by atoms with Crippen LogP contribution in [0.5, 0.6) is 0 Å². The van der Waals surface area contributed by atoms with Crippen LogP contribution in [0.4, 0.5) is 0 Å². The average Bonchev–Trinajstić information content (AvgIpc) is 3.02. The number of nitrogens with one attached hydrogen (secondary N) is 1. The number of hydrogen-bond acceptors (Lipinski definition) is 4. The van der Waals surface area contributed by atoms with Gasteiger partial charge >= 0.3 is 11.9 Å². The molecule has 0 spiro atoms. The van der Waals surface area contributed by atoms with Gasteiger partial charge in [-0.25, -0.2) is 0 Å². The summed E-state index contributed by atoms with van der Waals surface area (Å²) in [6, 6.07) is 0. The molecule has 6 nitrogen and oxygen atoms in total. The quantitative estimate of drug-likeness (QED) is 0.0526. The molecule has 45 heavy (non-hydrogen) atoms. The molecule has 0 aromatic carbocycles. The van der Waals surface area contributed by atoms with Gasteiger partial charge in [-0.3, -0.25) is 14.4 Å². The first-order chi connectivity index (χ1) is 22.0. The number of ether oxygens (including phenoxy) is 1. The van der Waals surface area contributed by atoms with Crippen LogP contribution in [-0.4, -0.2) is 35.6 Å². The molecule has 6 heteroatoms. The number of carbonyl (C=O) groups excluding carboxylic acids is 2. The minimum atomic E-state index is -1.01. The zero-order chi connectivity index (χ0) is 33.1. The van der Waals surface area contributed by atoms with Gasteiger partial charge in [0, 0.05) is 12.8 Å². The molecule has 0 aliphatic heterocycles. The Morgan fingerprint density at radius 3 is 1.20 bits per heavy atom. The molecule has 0 radical (unpaired) electrons. The molecule has 0 aliphatic rings. The lowest BCUT2D eigenvalue weighted by Crippen LogP contribution is -2.28. The van der Waals surface area contributed by atoms with Crippen molar-refractivity contribution in [1.29, 1.82) is 0 Å². The summed E-state index contributed by atoms with van der Waals surface area (Å²) in [5, 5.41) is 11.1. The maximum atomic E-state index is 12.7. The Bertz CT molecular complexity index is 668. The van der Waals surface area contributed by atoms with Gasteiger partial charge in [0.15, 0.2) is 0 Å². The Morgan fingerprint density at radius 1 is 0.489 bits per heavy atom. The third-order valence-corrected chi connectivity index (χ3v) is 9.03. The lowest BCUT2D eigenvalue weighted by Gasteiger charge is -2.18. The first-order valence-corrected chi connectivity index (χ1v) is 19.7. The Kier molecular flexibility index (Phi) is 34.0. The molecular formula is C39H75NO5. The first kappa shape index (κ1) is 43.4. The van der Waals surface area contributed by atoms with Crippen LogP contribution in [0.25, 0.3) is 0 Å². The van der Waals surface area contributed by atoms with Gasteiger partial charge in [0.2, 0.25) is 5.91 Å². The highest BCUT2D eigenvalue weighted by molar-refractivity contribution is 5.80. The molecule has 0 fully saturated rings. The van der Waals surface area contributed by atoms with Crippen molar-refractivity contribution < 1.29 is 24.2 Å². The minimum absolute atomic E-state index is 0.0124. The van der Waals surface area contributed by atoms with Crippen molar-refractivity contribution in [2.75, 3.05) is 6.54 Å². The number of carbonyl (C=O) groups is 3. The third-order valence-electron chi connectivity index (χ3n) is 9.03. The largest absolute Gasteiger partial charge is 0.480 e. The van der Waals surface area contributed by atoms with E-state index in [9.17, 15) is 14.4 Å². The number of aliphatic carboxylic acids is 1. The summed E-state index contributed by atoms with van der Waals surface area (Å²) in [5.41, 5.74) is 0. The maximum Gasteiger partial charge on any atom is 0.322 e. The summed E-state index contributed by atoms with van der Waals surface area (Å²) in [6.45, 7) is 4.22.